The Morgan fingerprint density at radius 1 is 1.30 bits per heavy atom. The van der Waals surface area contributed by atoms with E-state index < -0.39 is 0 Å². The van der Waals surface area contributed by atoms with Crippen molar-refractivity contribution in [2.24, 2.45) is 0 Å². The lowest BCUT2D eigenvalue weighted by atomic mass is 9.93. The van der Waals surface area contributed by atoms with Gasteiger partial charge in [-0.1, -0.05) is 0 Å². The van der Waals surface area contributed by atoms with E-state index in [1.54, 1.807) is 0 Å². The number of pyridine rings is 2. The summed E-state index contributed by atoms with van der Waals surface area (Å²) < 4.78 is 14.1. The van der Waals surface area contributed by atoms with E-state index >= 15 is 0 Å². The number of morpholine rings is 1. The summed E-state index contributed by atoms with van der Waals surface area (Å²) >= 11 is 0. The van der Waals surface area contributed by atoms with Crippen LogP contribution in [0.2, 0.25) is 0 Å². The summed E-state index contributed by atoms with van der Waals surface area (Å²) in [7, 11) is 0. The summed E-state index contributed by atoms with van der Waals surface area (Å²) in [6.45, 7) is 2.91. The van der Waals surface area contributed by atoms with Crippen LogP contribution in [0.1, 0.15) is 25.3 Å². The van der Waals surface area contributed by atoms with Crippen molar-refractivity contribution >= 4 is 10.9 Å². The molecule has 1 saturated carbocycles. The maximum atomic E-state index is 6.08. The molecular formula is C21H24N4O2. The Bertz CT molecular complexity index is 929. The third-order valence-electron chi connectivity index (χ3n) is 5.48. The molecule has 0 bridgehead atoms. The van der Waals surface area contributed by atoms with Gasteiger partial charge in [0.2, 0.25) is 5.88 Å². The van der Waals surface area contributed by atoms with Crippen molar-refractivity contribution in [2.45, 2.75) is 31.4 Å². The summed E-state index contributed by atoms with van der Waals surface area (Å²) in [6, 6.07) is 8.74. The van der Waals surface area contributed by atoms with E-state index in [1.165, 1.54) is 19.3 Å². The quantitative estimate of drug-likeness (QED) is 0.753. The fourth-order valence-corrected chi connectivity index (χ4v) is 3.68. The van der Waals surface area contributed by atoms with Crippen LogP contribution >= 0.6 is 0 Å². The van der Waals surface area contributed by atoms with E-state index in [2.05, 4.69) is 33.3 Å². The first-order valence-electron chi connectivity index (χ1n) is 9.75. The minimum absolute atomic E-state index is 0.0515. The van der Waals surface area contributed by atoms with Gasteiger partial charge in [-0.05, 0) is 43.5 Å². The Labute approximate surface area is 158 Å². The first kappa shape index (κ1) is 16.7. The Kier molecular flexibility index (Phi) is 4.51. The standard InChI is InChI=1S/C21H24N4O2/c1-3-16(4-1)25-9-6-15(13-25)19-11-20-18(5-2-7-23-20)21(24-19)27-14-17-12-22-8-10-26-17/h2,5-7,9,11,13,16-17,22H,1,3-4,8,10,12,14H2/t17-/m0/s1. The maximum Gasteiger partial charge on any atom is 0.223 e. The number of rotatable bonds is 5. The van der Waals surface area contributed by atoms with Crippen LogP contribution in [0.5, 0.6) is 5.88 Å². The number of hydrogen-bond donors (Lipinski definition) is 1. The van der Waals surface area contributed by atoms with E-state index in [4.69, 9.17) is 14.5 Å². The van der Waals surface area contributed by atoms with Crippen LogP contribution in [0.15, 0.2) is 42.9 Å². The molecule has 0 unspecified atom stereocenters. The Balaban J connectivity index is 1.44. The average Bonchev–Trinajstić information content (AvgIpc) is 3.15. The number of ether oxygens (including phenoxy) is 2. The van der Waals surface area contributed by atoms with Crippen molar-refractivity contribution in [3.8, 4) is 17.1 Å². The van der Waals surface area contributed by atoms with Gasteiger partial charge in [-0.3, -0.25) is 4.98 Å². The second-order valence-corrected chi connectivity index (χ2v) is 7.32. The Morgan fingerprint density at radius 2 is 2.26 bits per heavy atom. The van der Waals surface area contributed by atoms with E-state index in [0.29, 0.717) is 18.5 Å². The van der Waals surface area contributed by atoms with Crippen LogP contribution in [-0.4, -0.2) is 46.9 Å². The van der Waals surface area contributed by atoms with Crippen molar-refractivity contribution in [1.82, 2.24) is 19.9 Å². The van der Waals surface area contributed by atoms with Gasteiger partial charge < -0.3 is 19.4 Å². The maximum absolute atomic E-state index is 6.08. The molecule has 27 heavy (non-hydrogen) atoms. The minimum atomic E-state index is 0.0515. The second-order valence-electron chi connectivity index (χ2n) is 7.32. The summed E-state index contributed by atoms with van der Waals surface area (Å²) in [5.74, 6) is 0.626. The number of nitrogens with one attached hydrogen (secondary N) is 1. The molecule has 4 heterocycles. The van der Waals surface area contributed by atoms with Crippen molar-refractivity contribution in [1.29, 1.82) is 0 Å². The molecule has 1 atom stereocenters. The van der Waals surface area contributed by atoms with Gasteiger partial charge in [0.15, 0.2) is 0 Å². The van der Waals surface area contributed by atoms with Gasteiger partial charge >= 0.3 is 0 Å². The third kappa shape index (κ3) is 3.42. The first-order valence-corrected chi connectivity index (χ1v) is 9.75. The molecular weight excluding hydrogens is 340 g/mol. The number of fused-ring (bicyclic) bond motifs is 1. The molecule has 0 amide bonds. The van der Waals surface area contributed by atoms with Crippen molar-refractivity contribution in [2.75, 3.05) is 26.3 Å². The predicted octanol–water partition coefficient (Wildman–Crippen LogP) is 3.19. The van der Waals surface area contributed by atoms with Gasteiger partial charge in [0, 0.05) is 43.3 Å². The summed E-state index contributed by atoms with van der Waals surface area (Å²) in [5.41, 5.74) is 2.91. The Hall–Kier alpha value is -2.44. The second kappa shape index (κ2) is 7.29. The lowest BCUT2D eigenvalue weighted by Gasteiger charge is -2.26. The van der Waals surface area contributed by atoms with Crippen molar-refractivity contribution in [3.63, 3.8) is 0 Å². The average molecular weight is 364 g/mol. The summed E-state index contributed by atoms with van der Waals surface area (Å²) in [6.07, 6.45) is 10.1. The molecule has 3 aromatic rings. The SMILES string of the molecule is c1cnc2cc(-c3ccn(C4CCC4)c3)nc(OC[C@@H]3CNCCO3)c2c1. The molecule has 1 aliphatic heterocycles. The molecule has 0 radical (unpaired) electrons. The van der Waals surface area contributed by atoms with Crippen molar-refractivity contribution in [3.05, 3.63) is 42.9 Å². The van der Waals surface area contributed by atoms with Crippen LogP contribution in [-0.2, 0) is 4.74 Å². The summed E-state index contributed by atoms with van der Waals surface area (Å²) in [5, 5.41) is 4.26. The van der Waals surface area contributed by atoms with Gasteiger partial charge in [-0.25, -0.2) is 4.98 Å². The van der Waals surface area contributed by atoms with Crippen molar-refractivity contribution < 1.29 is 9.47 Å². The lowest BCUT2D eigenvalue weighted by Crippen LogP contribution is -2.41. The van der Waals surface area contributed by atoms with E-state index in [-0.39, 0.29) is 6.10 Å². The van der Waals surface area contributed by atoms with E-state index in [9.17, 15) is 0 Å². The Morgan fingerprint density at radius 3 is 3.07 bits per heavy atom. The minimum Gasteiger partial charge on any atom is -0.474 e. The molecule has 140 valence electrons. The molecule has 1 aliphatic carbocycles. The normalized spacial score (nSPS) is 20.5. The molecule has 6 heteroatoms. The van der Waals surface area contributed by atoms with Gasteiger partial charge in [-0.15, -0.1) is 0 Å². The number of aromatic nitrogens is 3. The van der Waals surface area contributed by atoms with Crippen LogP contribution in [0.3, 0.4) is 0 Å². The monoisotopic (exact) mass is 364 g/mol. The molecule has 5 rings (SSSR count). The fourth-order valence-electron chi connectivity index (χ4n) is 3.68. The molecule has 0 aromatic carbocycles. The highest BCUT2D eigenvalue weighted by Gasteiger charge is 2.20. The predicted molar refractivity (Wildman–Crippen MR) is 104 cm³/mol. The molecule has 1 N–H and O–H groups in total. The zero-order valence-electron chi connectivity index (χ0n) is 15.3. The first-order chi connectivity index (χ1) is 13.4. The molecule has 0 spiro atoms. The zero-order valence-corrected chi connectivity index (χ0v) is 15.3. The number of hydrogen-bond acceptors (Lipinski definition) is 5. The highest BCUT2D eigenvalue weighted by molar-refractivity contribution is 5.86. The van der Waals surface area contributed by atoms with Gasteiger partial charge in [0.25, 0.3) is 0 Å². The molecule has 3 aromatic heterocycles. The van der Waals surface area contributed by atoms with E-state index in [0.717, 1.165) is 41.9 Å². The fraction of sp³-hybridized carbons (Fsp3) is 0.429. The highest BCUT2D eigenvalue weighted by atomic mass is 16.5. The largest absolute Gasteiger partial charge is 0.474 e. The van der Waals surface area contributed by atoms with Crippen LogP contribution in [0.25, 0.3) is 22.2 Å². The topological polar surface area (TPSA) is 61.2 Å². The number of nitrogens with zero attached hydrogens (tertiary/aromatic N) is 3. The smallest absolute Gasteiger partial charge is 0.223 e. The van der Waals surface area contributed by atoms with E-state index in [1.807, 2.05) is 24.4 Å². The third-order valence-corrected chi connectivity index (χ3v) is 5.48. The summed E-state index contributed by atoms with van der Waals surface area (Å²) in [4.78, 5) is 9.34. The molecule has 2 fully saturated rings. The molecule has 2 aliphatic rings. The van der Waals surface area contributed by atoms with Gasteiger partial charge in [0.1, 0.15) is 12.7 Å². The highest BCUT2D eigenvalue weighted by Crippen LogP contribution is 2.34. The van der Waals surface area contributed by atoms with Crippen LogP contribution < -0.4 is 10.1 Å². The van der Waals surface area contributed by atoms with Gasteiger partial charge in [-0.2, -0.15) is 0 Å². The molecule has 6 nitrogen and oxygen atoms in total. The lowest BCUT2D eigenvalue weighted by molar-refractivity contribution is -0.000365. The van der Waals surface area contributed by atoms with Gasteiger partial charge in [0.05, 0.1) is 23.2 Å². The zero-order chi connectivity index (χ0) is 18.1. The van der Waals surface area contributed by atoms with Crippen LogP contribution in [0, 0.1) is 0 Å². The molecule has 1 saturated heterocycles. The van der Waals surface area contributed by atoms with Crippen LogP contribution in [0.4, 0.5) is 0 Å².